The van der Waals surface area contributed by atoms with Gasteiger partial charge in [0.15, 0.2) is 5.78 Å². The summed E-state index contributed by atoms with van der Waals surface area (Å²) < 4.78 is 6.04. The van der Waals surface area contributed by atoms with E-state index in [2.05, 4.69) is 6.08 Å². The van der Waals surface area contributed by atoms with Crippen LogP contribution >= 0.6 is 23.5 Å². The lowest BCUT2D eigenvalue weighted by molar-refractivity contribution is -0.161. The van der Waals surface area contributed by atoms with Crippen LogP contribution in [0.3, 0.4) is 0 Å². The lowest BCUT2D eigenvalue weighted by Gasteiger charge is -2.35. The number of carbonyl (C=O) groups excluding carboxylic acids is 2. The molecule has 1 saturated carbocycles. The number of esters is 1. The van der Waals surface area contributed by atoms with Crippen LogP contribution in [0.15, 0.2) is 12.2 Å². The number of hydrogen-bond donors (Lipinski definition) is 0. The Hall–Kier alpha value is -0.420. The van der Waals surface area contributed by atoms with Gasteiger partial charge in [0.25, 0.3) is 0 Å². The molecular formula is C18H26O3S2. The van der Waals surface area contributed by atoms with E-state index < -0.39 is 5.41 Å². The molecule has 2 aliphatic carbocycles. The highest BCUT2D eigenvalue weighted by Gasteiger charge is 2.48. The third-order valence-electron chi connectivity index (χ3n) is 5.06. The molecule has 3 aliphatic rings. The number of fused-ring (bicyclic) bond motifs is 1. The van der Waals surface area contributed by atoms with E-state index in [4.69, 9.17) is 4.74 Å². The van der Waals surface area contributed by atoms with Crippen molar-refractivity contribution in [3.8, 4) is 0 Å². The molecular weight excluding hydrogens is 328 g/mol. The first-order valence-corrected chi connectivity index (χ1v) is 10.5. The summed E-state index contributed by atoms with van der Waals surface area (Å²) in [6, 6.07) is 0. The number of hydrogen-bond acceptors (Lipinski definition) is 5. The molecule has 23 heavy (non-hydrogen) atoms. The van der Waals surface area contributed by atoms with Crippen molar-refractivity contribution in [2.24, 2.45) is 17.3 Å². The quantitative estimate of drug-likeness (QED) is 0.664. The predicted octanol–water partition coefficient (Wildman–Crippen LogP) is 4.07. The van der Waals surface area contributed by atoms with Crippen LogP contribution in [0, 0.1) is 17.3 Å². The zero-order chi connectivity index (χ0) is 16.7. The summed E-state index contributed by atoms with van der Waals surface area (Å²) in [5.74, 6) is 2.65. The molecule has 0 bridgehead atoms. The molecule has 0 aromatic heterocycles. The van der Waals surface area contributed by atoms with Crippen LogP contribution in [0.2, 0.25) is 0 Å². The van der Waals surface area contributed by atoms with E-state index in [1.54, 1.807) is 6.08 Å². The van der Waals surface area contributed by atoms with Crippen LogP contribution in [-0.2, 0) is 14.3 Å². The van der Waals surface area contributed by atoms with Gasteiger partial charge in [0, 0.05) is 23.3 Å². The Kier molecular flexibility index (Phi) is 4.90. The van der Waals surface area contributed by atoms with Gasteiger partial charge in [-0.15, -0.1) is 23.5 Å². The lowest BCUT2D eigenvalue weighted by Crippen LogP contribution is -2.37. The second-order valence-electron chi connectivity index (χ2n) is 7.86. The van der Waals surface area contributed by atoms with Gasteiger partial charge in [-0.25, -0.2) is 0 Å². The fourth-order valence-electron chi connectivity index (χ4n) is 3.77. The SMILES string of the molecule is CC(C)(C)C(=O)O[C@@H]1CC[C@H]2C(=O)/C=C\CC3(C[C@H]12)SCCS3. The number of rotatable bonds is 1. The summed E-state index contributed by atoms with van der Waals surface area (Å²) in [4.78, 5) is 24.8. The van der Waals surface area contributed by atoms with E-state index >= 15 is 0 Å². The Balaban J connectivity index is 1.81. The van der Waals surface area contributed by atoms with Gasteiger partial charge >= 0.3 is 5.97 Å². The minimum absolute atomic E-state index is 0.0305. The Morgan fingerprint density at radius 2 is 1.96 bits per heavy atom. The van der Waals surface area contributed by atoms with Crippen molar-refractivity contribution >= 4 is 35.3 Å². The average molecular weight is 355 g/mol. The van der Waals surface area contributed by atoms with Crippen molar-refractivity contribution in [3.63, 3.8) is 0 Å². The molecule has 0 aromatic carbocycles. The molecule has 128 valence electrons. The molecule has 0 amide bonds. The largest absolute Gasteiger partial charge is 0.462 e. The van der Waals surface area contributed by atoms with E-state index in [1.807, 2.05) is 44.3 Å². The van der Waals surface area contributed by atoms with Gasteiger partial charge in [-0.05, 0) is 52.5 Å². The van der Waals surface area contributed by atoms with Crippen molar-refractivity contribution in [2.75, 3.05) is 11.5 Å². The van der Waals surface area contributed by atoms with E-state index in [1.165, 1.54) is 11.5 Å². The maximum atomic E-state index is 12.4. The molecule has 0 radical (unpaired) electrons. The topological polar surface area (TPSA) is 43.4 Å². The minimum Gasteiger partial charge on any atom is -0.462 e. The smallest absolute Gasteiger partial charge is 0.311 e. The summed E-state index contributed by atoms with van der Waals surface area (Å²) in [5.41, 5.74) is -0.488. The van der Waals surface area contributed by atoms with Crippen LogP contribution in [0.5, 0.6) is 0 Å². The fourth-order valence-corrected chi connectivity index (χ4v) is 7.06. The molecule has 1 heterocycles. The third-order valence-corrected chi connectivity index (χ3v) is 8.56. The zero-order valence-electron chi connectivity index (χ0n) is 14.2. The molecule has 1 spiro atoms. The van der Waals surface area contributed by atoms with Crippen LogP contribution in [0.4, 0.5) is 0 Å². The van der Waals surface area contributed by atoms with E-state index in [-0.39, 0.29) is 33.8 Å². The molecule has 0 aromatic rings. The monoisotopic (exact) mass is 354 g/mol. The summed E-state index contributed by atoms with van der Waals surface area (Å²) >= 11 is 4.05. The highest BCUT2D eigenvalue weighted by Crippen LogP contribution is 2.54. The number of carbonyl (C=O) groups is 2. The molecule has 0 N–H and O–H groups in total. The van der Waals surface area contributed by atoms with Crippen molar-refractivity contribution < 1.29 is 14.3 Å². The standard InChI is InChI=1S/C18H26O3S2/c1-17(2,3)16(20)21-15-7-6-12-13(15)11-18(22-9-10-23-18)8-4-5-14(12)19/h4-5,12-13,15H,6-11H2,1-3H3/b5-4-/t12-,13+,15-/m1/s1. The molecule has 2 fully saturated rings. The zero-order valence-corrected chi connectivity index (χ0v) is 15.8. The second-order valence-corrected chi connectivity index (χ2v) is 11.1. The minimum atomic E-state index is -0.488. The lowest BCUT2D eigenvalue weighted by atomic mass is 9.84. The first kappa shape index (κ1) is 17.4. The first-order chi connectivity index (χ1) is 10.8. The first-order valence-electron chi connectivity index (χ1n) is 8.50. The molecule has 1 aliphatic heterocycles. The van der Waals surface area contributed by atoms with Gasteiger partial charge in [-0.1, -0.05) is 6.08 Å². The van der Waals surface area contributed by atoms with Gasteiger partial charge in [-0.2, -0.15) is 0 Å². The number of allylic oxidation sites excluding steroid dienone is 2. The van der Waals surface area contributed by atoms with Crippen molar-refractivity contribution in [1.82, 2.24) is 0 Å². The van der Waals surface area contributed by atoms with E-state index in [9.17, 15) is 9.59 Å². The highest BCUT2D eigenvalue weighted by molar-refractivity contribution is 8.21. The Morgan fingerprint density at radius 3 is 2.61 bits per heavy atom. The summed E-state index contributed by atoms with van der Waals surface area (Å²) in [7, 11) is 0. The maximum absolute atomic E-state index is 12.4. The molecule has 3 atom stereocenters. The molecule has 0 unspecified atom stereocenters. The van der Waals surface area contributed by atoms with Crippen molar-refractivity contribution in [1.29, 1.82) is 0 Å². The fraction of sp³-hybridized carbons (Fsp3) is 0.778. The number of thioether (sulfide) groups is 2. The Labute approximate surface area is 147 Å². The average Bonchev–Trinajstić information content (AvgIpc) is 3.05. The van der Waals surface area contributed by atoms with Crippen LogP contribution in [-0.4, -0.2) is 33.4 Å². The Bertz CT molecular complexity index is 515. The van der Waals surface area contributed by atoms with E-state index in [0.29, 0.717) is 0 Å². The second kappa shape index (κ2) is 6.47. The molecule has 3 nitrogen and oxygen atoms in total. The normalized spacial score (nSPS) is 34.7. The maximum Gasteiger partial charge on any atom is 0.311 e. The molecule has 1 saturated heterocycles. The van der Waals surface area contributed by atoms with Crippen LogP contribution in [0.1, 0.15) is 46.5 Å². The predicted molar refractivity (Wildman–Crippen MR) is 96.6 cm³/mol. The molecule has 5 heteroatoms. The third kappa shape index (κ3) is 3.65. The summed E-state index contributed by atoms with van der Waals surface area (Å²) in [5, 5.41) is 0. The molecule has 3 rings (SSSR count). The van der Waals surface area contributed by atoms with Crippen molar-refractivity contribution in [3.05, 3.63) is 12.2 Å². The van der Waals surface area contributed by atoms with Gasteiger partial charge in [0.2, 0.25) is 0 Å². The van der Waals surface area contributed by atoms with Gasteiger partial charge in [-0.3, -0.25) is 9.59 Å². The van der Waals surface area contributed by atoms with E-state index in [0.717, 1.165) is 25.7 Å². The highest BCUT2D eigenvalue weighted by atomic mass is 32.2. The Morgan fingerprint density at radius 1 is 1.26 bits per heavy atom. The van der Waals surface area contributed by atoms with Crippen LogP contribution in [0.25, 0.3) is 0 Å². The van der Waals surface area contributed by atoms with Crippen LogP contribution < -0.4 is 0 Å². The summed E-state index contributed by atoms with van der Waals surface area (Å²) in [6.07, 6.45) is 7.34. The van der Waals surface area contributed by atoms with Gasteiger partial charge < -0.3 is 4.74 Å². The summed E-state index contributed by atoms with van der Waals surface area (Å²) in [6.45, 7) is 5.66. The van der Waals surface area contributed by atoms with Crippen molar-refractivity contribution in [2.45, 2.75) is 56.6 Å². The number of ether oxygens (including phenoxy) is 1. The van der Waals surface area contributed by atoms with Gasteiger partial charge in [0.05, 0.1) is 9.49 Å². The number of ketones is 1. The van der Waals surface area contributed by atoms with Gasteiger partial charge in [0.1, 0.15) is 6.10 Å².